The maximum atomic E-state index is 5.74. The highest BCUT2D eigenvalue weighted by Gasteiger charge is 1.93. The summed E-state index contributed by atoms with van der Waals surface area (Å²) >= 11 is 10.7. The maximum absolute atomic E-state index is 5.74. The average molecular weight is 230 g/mol. The van der Waals surface area contributed by atoms with Crippen LogP contribution in [-0.4, -0.2) is 11.7 Å². The minimum atomic E-state index is 0.572. The monoisotopic (exact) mass is 229 g/mol. The lowest BCUT2D eigenvalue weighted by Crippen LogP contribution is -2.38. The molecule has 0 saturated heterocycles. The second kappa shape index (κ2) is 5.67. The van der Waals surface area contributed by atoms with Gasteiger partial charge < -0.3 is 5.32 Å². The predicted molar refractivity (Wildman–Crippen MR) is 64.5 cm³/mol. The SMILES string of the molecule is CCNC(=S)NNc1ccc(Cl)cc1. The molecule has 0 bridgehead atoms. The molecule has 3 N–H and O–H groups in total. The Bertz CT molecular complexity index is 299. The Labute approximate surface area is 93.8 Å². The van der Waals surface area contributed by atoms with Crippen LogP contribution >= 0.6 is 23.8 Å². The van der Waals surface area contributed by atoms with E-state index in [2.05, 4.69) is 16.2 Å². The second-order valence-electron chi connectivity index (χ2n) is 2.62. The van der Waals surface area contributed by atoms with Crippen LogP contribution in [0.15, 0.2) is 24.3 Å². The molecule has 5 heteroatoms. The summed E-state index contributed by atoms with van der Waals surface area (Å²) in [7, 11) is 0. The van der Waals surface area contributed by atoms with Crippen LogP contribution < -0.4 is 16.2 Å². The van der Waals surface area contributed by atoms with Crippen molar-refractivity contribution in [3.05, 3.63) is 29.3 Å². The molecule has 0 saturated carbocycles. The molecule has 0 fully saturated rings. The Morgan fingerprint density at radius 1 is 1.36 bits per heavy atom. The van der Waals surface area contributed by atoms with Gasteiger partial charge in [-0.25, -0.2) is 0 Å². The molecule has 76 valence electrons. The smallest absolute Gasteiger partial charge is 0.185 e. The maximum Gasteiger partial charge on any atom is 0.185 e. The van der Waals surface area contributed by atoms with Gasteiger partial charge in [0.15, 0.2) is 5.11 Å². The molecule has 0 spiro atoms. The molecule has 1 aromatic carbocycles. The molecule has 0 amide bonds. The first-order valence-electron chi connectivity index (χ1n) is 4.28. The van der Waals surface area contributed by atoms with Crippen LogP contribution in [-0.2, 0) is 0 Å². The normalized spacial score (nSPS) is 9.29. The van der Waals surface area contributed by atoms with Gasteiger partial charge in [-0.1, -0.05) is 11.6 Å². The Kier molecular flexibility index (Phi) is 4.49. The van der Waals surface area contributed by atoms with Gasteiger partial charge in [-0.2, -0.15) is 0 Å². The topological polar surface area (TPSA) is 36.1 Å². The van der Waals surface area contributed by atoms with E-state index in [1.807, 2.05) is 31.2 Å². The molecular weight excluding hydrogens is 218 g/mol. The number of nitrogens with one attached hydrogen (secondary N) is 3. The number of thiocarbonyl (C=S) groups is 1. The Morgan fingerprint density at radius 3 is 2.57 bits per heavy atom. The van der Waals surface area contributed by atoms with E-state index in [0.29, 0.717) is 10.1 Å². The van der Waals surface area contributed by atoms with Gasteiger partial charge >= 0.3 is 0 Å². The van der Waals surface area contributed by atoms with Crippen LogP contribution in [0.4, 0.5) is 5.69 Å². The number of rotatable bonds is 3. The summed E-state index contributed by atoms with van der Waals surface area (Å²) in [4.78, 5) is 0. The van der Waals surface area contributed by atoms with Gasteiger partial charge in [0, 0.05) is 11.6 Å². The third-order valence-corrected chi connectivity index (χ3v) is 2.00. The summed E-state index contributed by atoms with van der Waals surface area (Å²) in [5.74, 6) is 0. The summed E-state index contributed by atoms with van der Waals surface area (Å²) in [6, 6.07) is 7.34. The van der Waals surface area contributed by atoms with Crippen LogP contribution in [0, 0.1) is 0 Å². The van der Waals surface area contributed by atoms with Gasteiger partial charge in [0.1, 0.15) is 0 Å². The van der Waals surface area contributed by atoms with Crippen molar-refractivity contribution in [1.82, 2.24) is 10.7 Å². The summed E-state index contributed by atoms with van der Waals surface area (Å²) < 4.78 is 0. The van der Waals surface area contributed by atoms with Crippen LogP contribution in [0.3, 0.4) is 0 Å². The van der Waals surface area contributed by atoms with Crippen molar-refractivity contribution in [2.24, 2.45) is 0 Å². The fourth-order valence-corrected chi connectivity index (χ4v) is 1.19. The van der Waals surface area contributed by atoms with Gasteiger partial charge in [0.2, 0.25) is 0 Å². The first-order chi connectivity index (χ1) is 6.72. The van der Waals surface area contributed by atoms with Crippen molar-refractivity contribution in [1.29, 1.82) is 0 Å². The number of hydrogen-bond donors (Lipinski definition) is 3. The first kappa shape index (κ1) is 11.1. The number of hydrazine groups is 1. The minimum Gasteiger partial charge on any atom is -0.362 e. The number of benzene rings is 1. The fourth-order valence-electron chi connectivity index (χ4n) is 0.867. The minimum absolute atomic E-state index is 0.572. The van der Waals surface area contributed by atoms with Crippen molar-refractivity contribution in [2.45, 2.75) is 6.92 Å². The molecular formula is C9H12ClN3S. The van der Waals surface area contributed by atoms with Crippen LogP contribution in [0.5, 0.6) is 0 Å². The van der Waals surface area contributed by atoms with Gasteiger partial charge in [0.05, 0.1) is 5.69 Å². The highest BCUT2D eigenvalue weighted by molar-refractivity contribution is 7.80. The van der Waals surface area contributed by atoms with E-state index < -0.39 is 0 Å². The Balaban J connectivity index is 2.38. The average Bonchev–Trinajstić information content (AvgIpc) is 2.17. The molecule has 3 nitrogen and oxygen atoms in total. The molecule has 14 heavy (non-hydrogen) atoms. The van der Waals surface area contributed by atoms with Crippen molar-refractivity contribution in [3.8, 4) is 0 Å². The molecule has 0 aliphatic rings. The summed E-state index contributed by atoms with van der Waals surface area (Å²) in [5, 5.41) is 4.24. The number of hydrogen-bond acceptors (Lipinski definition) is 2. The number of halogens is 1. The molecule has 0 atom stereocenters. The molecule has 0 heterocycles. The van der Waals surface area contributed by atoms with Gasteiger partial charge in [-0.3, -0.25) is 10.9 Å². The van der Waals surface area contributed by atoms with Gasteiger partial charge in [-0.15, -0.1) is 0 Å². The third-order valence-electron chi connectivity index (χ3n) is 1.50. The highest BCUT2D eigenvalue weighted by atomic mass is 35.5. The quantitative estimate of drug-likeness (QED) is 0.549. The van der Waals surface area contributed by atoms with E-state index in [9.17, 15) is 0 Å². The zero-order valence-corrected chi connectivity index (χ0v) is 9.38. The van der Waals surface area contributed by atoms with Crippen LogP contribution in [0.2, 0.25) is 5.02 Å². The van der Waals surface area contributed by atoms with E-state index in [4.69, 9.17) is 23.8 Å². The summed E-state index contributed by atoms with van der Waals surface area (Å²) in [6.07, 6.45) is 0. The van der Waals surface area contributed by atoms with E-state index in [1.54, 1.807) is 0 Å². The predicted octanol–water partition coefficient (Wildman–Crippen LogP) is 2.15. The van der Waals surface area contributed by atoms with E-state index in [-0.39, 0.29) is 0 Å². The molecule has 0 aliphatic carbocycles. The van der Waals surface area contributed by atoms with Crippen molar-refractivity contribution < 1.29 is 0 Å². The fraction of sp³-hybridized carbons (Fsp3) is 0.222. The Morgan fingerprint density at radius 2 is 2.00 bits per heavy atom. The first-order valence-corrected chi connectivity index (χ1v) is 5.06. The zero-order chi connectivity index (χ0) is 10.4. The van der Waals surface area contributed by atoms with Crippen molar-refractivity contribution in [3.63, 3.8) is 0 Å². The second-order valence-corrected chi connectivity index (χ2v) is 3.46. The summed E-state index contributed by atoms with van der Waals surface area (Å²) in [6.45, 7) is 2.78. The molecule has 1 aromatic rings. The molecule has 1 rings (SSSR count). The van der Waals surface area contributed by atoms with E-state index in [0.717, 1.165) is 12.2 Å². The van der Waals surface area contributed by atoms with E-state index in [1.165, 1.54) is 0 Å². The van der Waals surface area contributed by atoms with Crippen molar-refractivity contribution >= 4 is 34.6 Å². The van der Waals surface area contributed by atoms with Crippen LogP contribution in [0.25, 0.3) is 0 Å². The summed E-state index contributed by atoms with van der Waals surface area (Å²) in [5.41, 5.74) is 6.70. The van der Waals surface area contributed by atoms with E-state index >= 15 is 0 Å². The van der Waals surface area contributed by atoms with Crippen molar-refractivity contribution in [2.75, 3.05) is 12.0 Å². The molecule has 0 radical (unpaired) electrons. The zero-order valence-electron chi connectivity index (χ0n) is 7.80. The Hall–Kier alpha value is -1.00. The van der Waals surface area contributed by atoms with Crippen LogP contribution in [0.1, 0.15) is 6.92 Å². The van der Waals surface area contributed by atoms with Gasteiger partial charge in [0.25, 0.3) is 0 Å². The lowest BCUT2D eigenvalue weighted by atomic mass is 10.3. The lowest BCUT2D eigenvalue weighted by molar-refractivity contribution is 0.928. The molecule has 0 aliphatic heterocycles. The van der Waals surface area contributed by atoms with Gasteiger partial charge in [-0.05, 0) is 43.4 Å². The molecule has 0 aromatic heterocycles. The molecule has 0 unspecified atom stereocenters. The number of anilines is 1. The standard InChI is InChI=1S/C9H12ClN3S/c1-2-11-9(14)13-12-8-5-3-7(10)4-6-8/h3-6,12H,2H2,1H3,(H2,11,13,14). The lowest BCUT2D eigenvalue weighted by Gasteiger charge is -2.10. The highest BCUT2D eigenvalue weighted by Crippen LogP contribution is 2.12. The largest absolute Gasteiger partial charge is 0.362 e. The third kappa shape index (κ3) is 3.81.